The Morgan fingerprint density at radius 2 is 2.50 bits per heavy atom. The van der Waals surface area contributed by atoms with E-state index in [4.69, 9.17) is 0 Å². The second kappa shape index (κ2) is 3.05. The zero-order chi connectivity index (χ0) is 8.39. The minimum absolute atomic E-state index is 0.119. The third-order valence-electron chi connectivity index (χ3n) is 2.40. The van der Waals surface area contributed by atoms with Crippen LogP contribution in [0.15, 0.2) is 6.20 Å². The summed E-state index contributed by atoms with van der Waals surface area (Å²) in [5.74, 6) is 0.725. The molecule has 1 aromatic rings. The fourth-order valence-corrected chi connectivity index (χ4v) is 1.40. The van der Waals surface area contributed by atoms with E-state index in [2.05, 4.69) is 15.4 Å². The Bertz CT molecular complexity index is 264. The van der Waals surface area contributed by atoms with E-state index in [1.165, 1.54) is 25.5 Å². The van der Waals surface area contributed by atoms with Gasteiger partial charge in [-0.1, -0.05) is 19.3 Å². The first kappa shape index (κ1) is 7.46. The number of hydrogen-bond acceptors (Lipinski definition) is 3. The maximum absolute atomic E-state index is 11.4. The minimum atomic E-state index is 0.119. The molecule has 1 aliphatic rings. The molecule has 2 rings (SSSR count). The van der Waals surface area contributed by atoms with Crippen molar-refractivity contribution >= 4 is 5.78 Å². The smallest absolute Gasteiger partial charge is 0.184 e. The zero-order valence-corrected chi connectivity index (χ0v) is 6.79. The van der Waals surface area contributed by atoms with Crippen LogP contribution in [0.5, 0.6) is 0 Å². The predicted octanol–water partition coefficient (Wildman–Crippen LogP) is 1.18. The van der Waals surface area contributed by atoms with Crippen molar-refractivity contribution in [3.63, 3.8) is 0 Å². The molecule has 0 amide bonds. The number of aromatic amines is 1. The minimum Gasteiger partial charge on any atom is -0.292 e. The summed E-state index contributed by atoms with van der Waals surface area (Å²) in [6, 6.07) is 0. The second-order valence-electron chi connectivity index (χ2n) is 3.28. The number of nitrogens with zero attached hydrogens (tertiary/aromatic N) is 2. The molecule has 1 heterocycles. The monoisotopic (exact) mass is 165 g/mol. The van der Waals surface area contributed by atoms with Gasteiger partial charge in [0.1, 0.15) is 5.69 Å². The van der Waals surface area contributed by atoms with Gasteiger partial charge in [0.25, 0.3) is 0 Å². The molecule has 1 saturated carbocycles. The van der Waals surface area contributed by atoms with Crippen LogP contribution in [-0.2, 0) is 0 Å². The van der Waals surface area contributed by atoms with Crippen molar-refractivity contribution in [2.75, 3.05) is 0 Å². The SMILES string of the molecule is O=C(CC1CCC1)c1cn[nH]n1. The summed E-state index contributed by atoms with van der Waals surface area (Å²) in [6.45, 7) is 0. The van der Waals surface area contributed by atoms with Gasteiger partial charge in [0.2, 0.25) is 0 Å². The van der Waals surface area contributed by atoms with Crippen molar-refractivity contribution in [3.05, 3.63) is 11.9 Å². The van der Waals surface area contributed by atoms with E-state index in [1.807, 2.05) is 0 Å². The molecule has 0 atom stereocenters. The van der Waals surface area contributed by atoms with E-state index in [1.54, 1.807) is 0 Å². The number of ketones is 1. The van der Waals surface area contributed by atoms with Crippen LogP contribution in [0.4, 0.5) is 0 Å². The van der Waals surface area contributed by atoms with Crippen LogP contribution in [0.2, 0.25) is 0 Å². The lowest BCUT2D eigenvalue weighted by Crippen LogP contribution is -2.16. The van der Waals surface area contributed by atoms with Crippen LogP contribution in [0, 0.1) is 5.92 Å². The first-order valence-electron chi connectivity index (χ1n) is 4.25. The van der Waals surface area contributed by atoms with Crippen LogP contribution in [0.1, 0.15) is 36.2 Å². The molecule has 1 N–H and O–H groups in total. The number of aromatic nitrogens is 3. The molecular formula is C8H11N3O. The van der Waals surface area contributed by atoms with Crippen LogP contribution < -0.4 is 0 Å². The number of carbonyl (C=O) groups is 1. The fraction of sp³-hybridized carbons (Fsp3) is 0.625. The van der Waals surface area contributed by atoms with Crippen molar-refractivity contribution in [1.29, 1.82) is 0 Å². The third kappa shape index (κ3) is 1.37. The van der Waals surface area contributed by atoms with Gasteiger partial charge in [0.15, 0.2) is 5.78 Å². The first-order valence-corrected chi connectivity index (χ1v) is 4.25. The van der Waals surface area contributed by atoms with Gasteiger partial charge in [-0.25, -0.2) is 0 Å². The summed E-state index contributed by atoms with van der Waals surface area (Å²) in [6.07, 6.45) is 5.80. The summed E-state index contributed by atoms with van der Waals surface area (Å²) in [4.78, 5) is 11.4. The third-order valence-corrected chi connectivity index (χ3v) is 2.40. The molecule has 0 spiro atoms. The Morgan fingerprint density at radius 1 is 1.67 bits per heavy atom. The lowest BCUT2D eigenvalue weighted by molar-refractivity contribution is 0.0931. The average Bonchev–Trinajstić information content (AvgIpc) is 2.47. The quantitative estimate of drug-likeness (QED) is 0.684. The van der Waals surface area contributed by atoms with Gasteiger partial charge >= 0.3 is 0 Å². The van der Waals surface area contributed by atoms with E-state index in [0.29, 0.717) is 18.0 Å². The molecule has 4 nitrogen and oxygen atoms in total. The number of hydrogen-bond donors (Lipinski definition) is 1. The molecular weight excluding hydrogens is 154 g/mol. The normalized spacial score (nSPS) is 17.3. The molecule has 0 radical (unpaired) electrons. The summed E-state index contributed by atoms with van der Waals surface area (Å²) >= 11 is 0. The Kier molecular flexibility index (Phi) is 1.89. The van der Waals surface area contributed by atoms with E-state index in [9.17, 15) is 4.79 Å². The Hall–Kier alpha value is -1.19. The predicted molar refractivity (Wildman–Crippen MR) is 42.7 cm³/mol. The Labute approximate surface area is 70.4 Å². The maximum atomic E-state index is 11.4. The van der Waals surface area contributed by atoms with Crippen molar-refractivity contribution in [2.45, 2.75) is 25.7 Å². The van der Waals surface area contributed by atoms with Gasteiger partial charge in [-0.2, -0.15) is 15.4 Å². The van der Waals surface area contributed by atoms with Crippen molar-refractivity contribution in [3.8, 4) is 0 Å². The average molecular weight is 165 g/mol. The molecule has 64 valence electrons. The summed E-state index contributed by atoms with van der Waals surface area (Å²) in [5, 5.41) is 9.78. The molecule has 1 fully saturated rings. The highest BCUT2D eigenvalue weighted by atomic mass is 16.1. The molecule has 12 heavy (non-hydrogen) atoms. The van der Waals surface area contributed by atoms with Crippen molar-refractivity contribution in [2.24, 2.45) is 5.92 Å². The van der Waals surface area contributed by atoms with Gasteiger partial charge < -0.3 is 0 Å². The van der Waals surface area contributed by atoms with E-state index in [0.717, 1.165) is 0 Å². The molecule has 0 aliphatic heterocycles. The van der Waals surface area contributed by atoms with Crippen LogP contribution >= 0.6 is 0 Å². The molecule has 1 aliphatic carbocycles. The zero-order valence-electron chi connectivity index (χ0n) is 6.79. The highest BCUT2D eigenvalue weighted by Gasteiger charge is 2.22. The van der Waals surface area contributed by atoms with Crippen molar-refractivity contribution in [1.82, 2.24) is 15.4 Å². The maximum Gasteiger partial charge on any atom is 0.184 e. The fourth-order valence-electron chi connectivity index (χ4n) is 1.40. The molecule has 0 unspecified atom stereocenters. The number of Topliss-reactive ketones (excluding diaryl/α,β-unsaturated/α-hetero) is 1. The van der Waals surface area contributed by atoms with Gasteiger partial charge in [0, 0.05) is 6.42 Å². The number of carbonyl (C=O) groups excluding carboxylic acids is 1. The van der Waals surface area contributed by atoms with Gasteiger partial charge in [-0.05, 0) is 5.92 Å². The van der Waals surface area contributed by atoms with Crippen molar-refractivity contribution < 1.29 is 4.79 Å². The second-order valence-corrected chi connectivity index (χ2v) is 3.28. The number of H-pyrrole nitrogens is 1. The van der Waals surface area contributed by atoms with Crippen LogP contribution in [-0.4, -0.2) is 21.2 Å². The highest BCUT2D eigenvalue weighted by Crippen LogP contribution is 2.30. The lowest BCUT2D eigenvalue weighted by atomic mass is 9.81. The van der Waals surface area contributed by atoms with E-state index in [-0.39, 0.29) is 5.78 Å². The Morgan fingerprint density at radius 3 is 3.00 bits per heavy atom. The van der Waals surface area contributed by atoms with Gasteiger partial charge in [-0.15, -0.1) is 0 Å². The molecule has 0 bridgehead atoms. The molecule has 0 saturated heterocycles. The topological polar surface area (TPSA) is 58.6 Å². The molecule has 0 aromatic carbocycles. The lowest BCUT2D eigenvalue weighted by Gasteiger charge is -2.23. The van der Waals surface area contributed by atoms with Gasteiger partial charge in [-0.3, -0.25) is 4.79 Å². The van der Waals surface area contributed by atoms with E-state index < -0.39 is 0 Å². The largest absolute Gasteiger partial charge is 0.292 e. The summed E-state index contributed by atoms with van der Waals surface area (Å²) in [5.41, 5.74) is 0.474. The van der Waals surface area contributed by atoms with Crippen LogP contribution in [0.25, 0.3) is 0 Å². The summed E-state index contributed by atoms with van der Waals surface area (Å²) < 4.78 is 0. The molecule has 1 aromatic heterocycles. The highest BCUT2D eigenvalue weighted by molar-refractivity contribution is 5.93. The molecule has 4 heteroatoms. The first-order chi connectivity index (χ1) is 5.86. The summed E-state index contributed by atoms with van der Waals surface area (Å²) in [7, 11) is 0. The number of nitrogens with one attached hydrogen (secondary N) is 1. The van der Waals surface area contributed by atoms with Crippen LogP contribution in [0.3, 0.4) is 0 Å². The van der Waals surface area contributed by atoms with E-state index >= 15 is 0 Å². The number of rotatable bonds is 3. The Balaban J connectivity index is 1.92. The standard InChI is InChI=1S/C8H11N3O/c12-8(4-6-2-1-3-6)7-5-9-11-10-7/h5-6H,1-4H2,(H,9,10,11). The van der Waals surface area contributed by atoms with Gasteiger partial charge in [0.05, 0.1) is 6.20 Å².